The predicted molar refractivity (Wildman–Crippen MR) is 86.8 cm³/mol. The van der Waals surface area contributed by atoms with E-state index in [9.17, 15) is 9.59 Å². The smallest absolute Gasteiger partial charge is 0.224 e. The van der Waals surface area contributed by atoms with Crippen molar-refractivity contribution in [3.63, 3.8) is 0 Å². The van der Waals surface area contributed by atoms with Crippen molar-refractivity contribution in [3.8, 4) is 0 Å². The molecule has 0 aliphatic carbocycles. The van der Waals surface area contributed by atoms with Gasteiger partial charge >= 0.3 is 0 Å². The topological polar surface area (TPSA) is 58.6 Å². The zero-order valence-electron chi connectivity index (χ0n) is 13.4. The van der Waals surface area contributed by atoms with Crippen LogP contribution in [0.3, 0.4) is 0 Å². The summed E-state index contributed by atoms with van der Waals surface area (Å²) in [5.41, 5.74) is 1.23. The maximum Gasteiger partial charge on any atom is 0.224 e. The average Bonchev–Trinajstić information content (AvgIpc) is 2.94. The molecular weight excluding hydrogens is 292 g/mol. The van der Waals surface area contributed by atoms with Crippen LogP contribution in [0, 0.1) is 5.92 Å². The van der Waals surface area contributed by atoms with Crippen LogP contribution in [-0.4, -0.2) is 49.1 Å². The second-order valence-corrected chi connectivity index (χ2v) is 6.37. The Kier molecular flexibility index (Phi) is 5.28. The number of nitrogens with one attached hydrogen (secondary N) is 1. The van der Waals surface area contributed by atoms with Crippen LogP contribution in [0.25, 0.3) is 0 Å². The first-order chi connectivity index (χ1) is 11.2. The fourth-order valence-electron chi connectivity index (χ4n) is 3.27. The normalized spacial score (nSPS) is 22.3. The minimum absolute atomic E-state index is 0.0391. The minimum atomic E-state index is -0.0476. The molecule has 124 valence electrons. The van der Waals surface area contributed by atoms with Gasteiger partial charge in [0.15, 0.2) is 0 Å². The van der Waals surface area contributed by atoms with Gasteiger partial charge in [-0.3, -0.25) is 9.59 Å². The van der Waals surface area contributed by atoms with Crippen LogP contribution < -0.4 is 5.32 Å². The van der Waals surface area contributed by atoms with E-state index in [2.05, 4.69) is 17.4 Å². The van der Waals surface area contributed by atoms with Crippen LogP contribution in [0.5, 0.6) is 0 Å². The van der Waals surface area contributed by atoms with Crippen molar-refractivity contribution in [2.75, 3.05) is 26.3 Å². The second-order valence-electron chi connectivity index (χ2n) is 6.37. The zero-order chi connectivity index (χ0) is 16.1. The number of hydrogen-bond acceptors (Lipinski definition) is 3. The predicted octanol–water partition coefficient (Wildman–Crippen LogP) is 1.37. The fourth-order valence-corrected chi connectivity index (χ4v) is 3.27. The molecule has 1 aromatic carbocycles. The first kappa shape index (κ1) is 16.0. The summed E-state index contributed by atoms with van der Waals surface area (Å²) < 4.78 is 5.29. The number of carbonyl (C=O) groups is 2. The number of benzene rings is 1. The maximum atomic E-state index is 12.3. The lowest BCUT2D eigenvalue weighted by atomic mass is 9.99. The number of nitrogens with zero attached hydrogens (tertiary/aromatic N) is 1. The fraction of sp³-hybridized carbons (Fsp3) is 0.556. The highest BCUT2D eigenvalue weighted by atomic mass is 16.5. The molecule has 0 aromatic heterocycles. The zero-order valence-corrected chi connectivity index (χ0v) is 13.4. The third-order valence-electron chi connectivity index (χ3n) is 4.67. The standard InChI is InChI=1S/C18H24N2O3/c21-17-12-16(19-18(22)15-7-10-23-11-8-15)13-20(17)9-6-14-4-2-1-3-5-14/h1-5,15-16H,6-13H2,(H,19,22)/t16-/m0/s1. The number of rotatable bonds is 5. The summed E-state index contributed by atoms with van der Waals surface area (Å²) in [5, 5.41) is 3.05. The van der Waals surface area contributed by atoms with Gasteiger partial charge in [-0.1, -0.05) is 30.3 Å². The Morgan fingerprint density at radius 3 is 2.70 bits per heavy atom. The molecule has 2 fully saturated rings. The molecule has 2 heterocycles. The monoisotopic (exact) mass is 316 g/mol. The summed E-state index contributed by atoms with van der Waals surface area (Å²) >= 11 is 0. The first-order valence-corrected chi connectivity index (χ1v) is 8.42. The van der Waals surface area contributed by atoms with Gasteiger partial charge in [0.25, 0.3) is 0 Å². The molecule has 3 rings (SSSR count). The summed E-state index contributed by atoms with van der Waals surface area (Å²) in [5.74, 6) is 0.256. The molecule has 5 nitrogen and oxygen atoms in total. The van der Waals surface area contributed by atoms with E-state index in [1.807, 2.05) is 23.1 Å². The third-order valence-corrected chi connectivity index (χ3v) is 4.67. The quantitative estimate of drug-likeness (QED) is 0.893. The Morgan fingerprint density at radius 1 is 1.22 bits per heavy atom. The van der Waals surface area contributed by atoms with E-state index in [4.69, 9.17) is 4.74 Å². The summed E-state index contributed by atoms with van der Waals surface area (Å²) in [6.07, 6.45) is 2.84. The molecule has 2 aliphatic rings. The average molecular weight is 316 g/mol. The highest BCUT2D eigenvalue weighted by molar-refractivity contribution is 5.83. The molecule has 1 atom stereocenters. The van der Waals surface area contributed by atoms with Crippen LogP contribution in [0.2, 0.25) is 0 Å². The van der Waals surface area contributed by atoms with Crippen molar-refractivity contribution < 1.29 is 14.3 Å². The van der Waals surface area contributed by atoms with E-state index in [1.54, 1.807) is 0 Å². The number of carbonyl (C=O) groups excluding carboxylic acids is 2. The lowest BCUT2D eigenvalue weighted by Crippen LogP contribution is -2.42. The molecular formula is C18H24N2O3. The van der Waals surface area contributed by atoms with Crippen molar-refractivity contribution in [2.24, 2.45) is 5.92 Å². The van der Waals surface area contributed by atoms with E-state index in [1.165, 1.54) is 5.56 Å². The molecule has 0 saturated carbocycles. The Morgan fingerprint density at radius 2 is 1.96 bits per heavy atom. The van der Waals surface area contributed by atoms with E-state index in [0.717, 1.165) is 19.3 Å². The molecule has 0 bridgehead atoms. The van der Waals surface area contributed by atoms with Gasteiger partial charge in [-0.2, -0.15) is 0 Å². The molecule has 23 heavy (non-hydrogen) atoms. The summed E-state index contributed by atoms with van der Waals surface area (Å²) in [6.45, 7) is 2.66. The molecule has 0 radical (unpaired) electrons. The number of amides is 2. The lowest BCUT2D eigenvalue weighted by molar-refractivity contribution is -0.128. The van der Waals surface area contributed by atoms with Gasteiger partial charge in [-0.05, 0) is 24.8 Å². The van der Waals surface area contributed by atoms with Crippen LogP contribution in [0.15, 0.2) is 30.3 Å². The van der Waals surface area contributed by atoms with Gasteiger partial charge in [0.2, 0.25) is 11.8 Å². The molecule has 2 amide bonds. The van der Waals surface area contributed by atoms with Crippen molar-refractivity contribution in [3.05, 3.63) is 35.9 Å². The summed E-state index contributed by atoms with van der Waals surface area (Å²) in [6, 6.07) is 10.1. The molecule has 2 aliphatic heterocycles. The highest BCUT2D eigenvalue weighted by Gasteiger charge is 2.32. The number of likely N-dealkylation sites (tertiary alicyclic amines) is 1. The molecule has 5 heteroatoms. The van der Waals surface area contributed by atoms with Gasteiger partial charge < -0.3 is 15.0 Å². The van der Waals surface area contributed by atoms with E-state index >= 15 is 0 Å². The van der Waals surface area contributed by atoms with Gasteiger partial charge in [-0.15, -0.1) is 0 Å². The van der Waals surface area contributed by atoms with Gasteiger partial charge in [0.1, 0.15) is 0 Å². The summed E-state index contributed by atoms with van der Waals surface area (Å²) in [7, 11) is 0. The summed E-state index contributed by atoms with van der Waals surface area (Å²) in [4.78, 5) is 26.2. The molecule has 0 spiro atoms. The number of hydrogen-bond donors (Lipinski definition) is 1. The highest BCUT2D eigenvalue weighted by Crippen LogP contribution is 2.17. The van der Waals surface area contributed by atoms with Gasteiger partial charge in [0, 0.05) is 38.6 Å². The lowest BCUT2D eigenvalue weighted by Gasteiger charge is -2.23. The van der Waals surface area contributed by atoms with Gasteiger partial charge in [0.05, 0.1) is 6.04 Å². The Hall–Kier alpha value is -1.88. The first-order valence-electron chi connectivity index (χ1n) is 8.42. The van der Waals surface area contributed by atoms with Gasteiger partial charge in [-0.25, -0.2) is 0 Å². The Bertz CT molecular complexity index is 540. The van der Waals surface area contributed by atoms with Crippen LogP contribution in [-0.2, 0) is 20.7 Å². The van der Waals surface area contributed by atoms with E-state index in [-0.39, 0.29) is 23.8 Å². The molecule has 1 N–H and O–H groups in total. The van der Waals surface area contributed by atoms with E-state index in [0.29, 0.717) is 32.7 Å². The number of ether oxygens (including phenoxy) is 1. The van der Waals surface area contributed by atoms with Crippen LogP contribution >= 0.6 is 0 Å². The maximum absolute atomic E-state index is 12.3. The third kappa shape index (κ3) is 4.32. The van der Waals surface area contributed by atoms with Crippen molar-refractivity contribution in [2.45, 2.75) is 31.7 Å². The largest absolute Gasteiger partial charge is 0.381 e. The van der Waals surface area contributed by atoms with Crippen LogP contribution in [0.4, 0.5) is 0 Å². The Balaban J connectivity index is 1.46. The van der Waals surface area contributed by atoms with Crippen LogP contribution in [0.1, 0.15) is 24.8 Å². The molecule has 1 aromatic rings. The van der Waals surface area contributed by atoms with Crippen molar-refractivity contribution >= 4 is 11.8 Å². The Labute approximate surface area is 137 Å². The molecule has 0 unspecified atom stereocenters. The second kappa shape index (κ2) is 7.59. The van der Waals surface area contributed by atoms with Crippen molar-refractivity contribution in [1.29, 1.82) is 0 Å². The SMILES string of the molecule is O=C(N[C@H]1CC(=O)N(CCc2ccccc2)C1)C1CCOCC1. The molecule has 2 saturated heterocycles. The van der Waals surface area contributed by atoms with E-state index < -0.39 is 0 Å². The van der Waals surface area contributed by atoms with Crippen molar-refractivity contribution in [1.82, 2.24) is 10.2 Å². The minimum Gasteiger partial charge on any atom is -0.381 e.